The van der Waals surface area contributed by atoms with Crippen LogP contribution in [0.15, 0.2) is 18.2 Å². The highest BCUT2D eigenvalue weighted by atomic mass is 16.6. The molecular weight excluding hydrogens is 286 g/mol. The van der Waals surface area contributed by atoms with E-state index in [4.69, 9.17) is 4.74 Å². The fourth-order valence-electron chi connectivity index (χ4n) is 2.69. The molecule has 22 heavy (non-hydrogen) atoms. The second-order valence-corrected chi connectivity index (χ2v) is 5.39. The molecule has 0 spiro atoms. The molecule has 1 saturated heterocycles. The van der Waals surface area contributed by atoms with Crippen LogP contribution >= 0.6 is 0 Å². The fraction of sp³-hybridized carbons (Fsp3) is 0.533. The number of amides is 1. The van der Waals surface area contributed by atoms with Gasteiger partial charge in [-0.25, -0.2) is 0 Å². The molecule has 0 aromatic heterocycles. The fourth-order valence-corrected chi connectivity index (χ4v) is 2.69. The van der Waals surface area contributed by atoms with Crippen molar-refractivity contribution in [2.24, 2.45) is 0 Å². The van der Waals surface area contributed by atoms with Gasteiger partial charge in [-0.15, -0.1) is 0 Å². The molecule has 7 nitrogen and oxygen atoms in total. The summed E-state index contributed by atoms with van der Waals surface area (Å²) in [5.74, 6) is 0.744. The molecule has 0 bridgehead atoms. The van der Waals surface area contributed by atoms with Gasteiger partial charge in [-0.05, 0) is 12.5 Å². The van der Waals surface area contributed by atoms with Gasteiger partial charge in [0.1, 0.15) is 5.75 Å². The summed E-state index contributed by atoms with van der Waals surface area (Å²) >= 11 is 0. The number of carbonyl (C=O) groups excluding carboxylic acids is 1. The smallest absolute Gasteiger partial charge is 0.270 e. The normalized spacial score (nSPS) is 16.2. The highest BCUT2D eigenvalue weighted by molar-refractivity contribution is 5.73. The number of nitrogens with zero attached hydrogens (tertiary/aromatic N) is 3. The highest BCUT2D eigenvalue weighted by Gasteiger charge is 2.19. The number of nitro groups is 1. The number of hydrogen-bond donors (Lipinski definition) is 0. The van der Waals surface area contributed by atoms with Crippen LogP contribution < -0.4 is 4.74 Å². The summed E-state index contributed by atoms with van der Waals surface area (Å²) in [5, 5.41) is 10.9. The molecule has 0 unspecified atom stereocenters. The van der Waals surface area contributed by atoms with E-state index in [9.17, 15) is 14.9 Å². The van der Waals surface area contributed by atoms with Gasteiger partial charge >= 0.3 is 0 Å². The lowest BCUT2D eigenvalue weighted by Gasteiger charge is -2.22. The highest BCUT2D eigenvalue weighted by Crippen LogP contribution is 2.25. The van der Waals surface area contributed by atoms with Gasteiger partial charge in [-0.2, -0.15) is 0 Å². The molecule has 0 atom stereocenters. The number of carbonyl (C=O) groups is 1. The van der Waals surface area contributed by atoms with E-state index in [1.165, 1.54) is 6.07 Å². The standard InChI is InChI=1S/C15H21N3O4/c1-12(19)17-7-3-6-16(8-9-17)11-13-10-14(18(20)21)4-5-15(13)22-2/h4-5,10H,3,6-9,11H2,1-2H3. The quantitative estimate of drug-likeness (QED) is 0.624. The van der Waals surface area contributed by atoms with E-state index in [1.807, 2.05) is 4.90 Å². The summed E-state index contributed by atoms with van der Waals surface area (Å²) in [7, 11) is 1.56. The van der Waals surface area contributed by atoms with E-state index in [0.717, 1.165) is 31.6 Å². The number of rotatable bonds is 4. The SMILES string of the molecule is COc1ccc([N+](=O)[O-])cc1CN1CCCN(C(C)=O)CC1. The second-order valence-electron chi connectivity index (χ2n) is 5.39. The van der Waals surface area contributed by atoms with Crippen LogP contribution in [0, 0.1) is 10.1 Å². The molecular formula is C15H21N3O4. The maximum atomic E-state index is 11.4. The molecule has 0 saturated carbocycles. The average molecular weight is 307 g/mol. The number of nitro benzene ring substituents is 1. The van der Waals surface area contributed by atoms with Crippen LogP contribution in [0.2, 0.25) is 0 Å². The second kappa shape index (κ2) is 7.22. The first-order valence-electron chi connectivity index (χ1n) is 7.30. The van der Waals surface area contributed by atoms with Gasteiger partial charge in [0.25, 0.3) is 5.69 Å². The van der Waals surface area contributed by atoms with Crippen molar-refractivity contribution >= 4 is 11.6 Å². The van der Waals surface area contributed by atoms with E-state index >= 15 is 0 Å². The lowest BCUT2D eigenvalue weighted by atomic mass is 10.1. The van der Waals surface area contributed by atoms with Crippen LogP contribution in [0.1, 0.15) is 18.9 Å². The van der Waals surface area contributed by atoms with Crippen molar-refractivity contribution < 1.29 is 14.5 Å². The van der Waals surface area contributed by atoms with Crippen molar-refractivity contribution in [2.75, 3.05) is 33.3 Å². The van der Waals surface area contributed by atoms with E-state index in [1.54, 1.807) is 26.2 Å². The minimum Gasteiger partial charge on any atom is -0.496 e. The van der Waals surface area contributed by atoms with Crippen LogP contribution in [0.3, 0.4) is 0 Å². The maximum absolute atomic E-state index is 11.4. The summed E-state index contributed by atoms with van der Waals surface area (Å²) in [4.78, 5) is 26.0. The molecule has 1 aromatic rings. The predicted octanol–water partition coefficient (Wildman–Crippen LogP) is 1.66. The minimum atomic E-state index is -0.400. The van der Waals surface area contributed by atoms with Crippen LogP contribution in [-0.4, -0.2) is 53.9 Å². The van der Waals surface area contributed by atoms with Gasteiger partial charge in [-0.1, -0.05) is 0 Å². The van der Waals surface area contributed by atoms with E-state index < -0.39 is 4.92 Å². The third kappa shape index (κ3) is 3.94. The van der Waals surface area contributed by atoms with Gasteiger partial charge < -0.3 is 9.64 Å². The molecule has 1 heterocycles. The Morgan fingerprint density at radius 3 is 2.73 bits per heavy atom. The first kappa shape index (κ1) is 16.2. The average Bonchev–Trinajstić information content (AvgIpc) is 2.72. The Hall–Kier alpha value is -2.15. The third-order valence-electron chi connectivity index (χ3n) is 3.90. The largest absolute Gasteiger partial charge is 0.496 e. The van der Waals surface area contributed by atoms with E-state index in [0.29, 0.717) is 18.8 Å². The van der Waals surface area contributed by atoms with Crippen LogP contribution in [-0.2, 0) is 11.3 Å². The predicted molar refractivity (Wildman–Crippen MR) is 81.8 cm³/mol. The van der Waals surface area contributed by atoms with Crippen molar-refractivity contribution in [1.29, 1.82) is 0 Å². The zero-order chi connectivity index (χ0) is 16.1. The molecule has 1 aliphatic heterocycles. The number of ether oxygens (including phenoxy) is 1. The van der Waals surface area contributed by atoms with Crippen LogP contribution in [0.4, 0.5) is 5.69 Å². The number of non-ortho nitro benzene ring substituents is 1. The Morgan fingerprint density at radius 1 is 1.32 bits per heavy atom. The summed E-state index contributed by atoms with van der Waals surface area (Å²) in [6.45, 7) is 5.22. The first-order valence-corrected chi connectivity index (χ1v) is 7.30. The van der Waals surface area contributed by atoms with Gasteiger partial charge in [0.2, 0.25) is 5.91 Å². The molecule has 0 radical (unpaired) electrons. The number of benzene rings is 1. The van der Waals surface area contributed by atoms with Crippen molar-refractivity contribution in [3.8, 4) is 5.75 Å². The molecule has 1 aromatic carbocycles. The van der Waals surface area contributed by atoms with E-state index in [2.05, 4.69) is 4.90 Å². The molecule has 2 rings (SSSR count). The minimum absolute atomic E-state index is 0.0657. The Balaban J connectivity index is 2.10. The lowest BCUT2D eigenvalue weighted by molar-refractivity contribution is -0.385. The van der Waals surface area contributed by atoms with Gasteiger partial charge in [0.15, 0.2) is 0 Å². The van der Waals surface area contributed by atoms with Gasteiger partial charge in [0, 0.05) is 57.3 Å². The van der Waals surface area contributed by atoms with Crippen LogP contribution in [0.25, 0.3) is 0 Å². The topological polar surface area (TPSA) is 75.9 Å². The molecule has 120 valence electrons. The number of hydrogen-bond acceptors (Lipinski definition) is 5. The van der Waals surface area contributed by atoms with Crippen molar-refractivity contribution in [3.05, 3.63) is 33.9 Å². The summed E-state index contributed by atoms with van der Waals surface area (Å²) < 4.78 is 5.30. The van der Waals surface area contributed by atoms with Gasteiger partial charge in [-0.3, -0.25) is 19.8 Å². The summed E-state index contributed by atoms with van der Waals surface area (Å²) in [6.07, 6.45) is 0.900. The maximum Gasteiger partial charge on any atom is 0.270 e. The molecule has 7 heteroatoms. The molecule has 1 amide bonds. The molecule has 0 N–H and O–H groups in total. The Bertz CT molecular complexity index is 562. The Kier molecular flexibility index (Phi) is 5.32. The third-order valence-corrected chi connectivity index (χ3v) is 3.90. The van der Waals surface area contributed by atoms with Crippen molar-refractivity contribution in [3.63, 3.8) is 0 Å². The van der Waals surface area contributed by atoms with E-state index in [-0.39, 0.29) is 11.6 Å². The zero-order valence-corrected chi connectivity index (χ0v) is 12.9. The van der Waals surface area contributed by atoms with Crippen molar-refractivity contribution in [2.45, 2.75) is 19.9 Å². The zero-order valence-electron chi connectivity index (χ0n) is 12.9. The monoisotopic (exact) mass is 307 g/mol. The summed E-state index contributed by atoms with van der Waals surface area (Å²) in [5.41, 5.74) is 0.865. The summed E-state index contributed by atoms with van der Waals surface area (Å²) in [6, 6.07) is 4.64. The Morgan fingerprint density at radius 2 is 2.09 bits per heavy atom. The first-order chi connectivity index (χ1) is 10.5. The Labute approximate surface area is 129 Å². The molecule has 1 fully saturated rings. The number of methoxy groups -OCH3 is 1. The lowest BCUT2D eigenvalue weighted by Crippen LogP contribution is -2.33. The van der Waals surface area contributed by atoms with Crippen molar-refractivity contribution in [1.82, 2.24) is 9.80 Å². The van der Waals surface area contributed by atoms with Crippen LogP contribution in [0.5, 0.6) is 5.75 Å². The molecule has 1 aliphatic rings. The molecule has 0 aliphatic carbocycles. The van der Waals surface area contributed by atoms with Gasteiger partial charge in [0.05, 0.1) is 12.0 Å².